The average molecular weight is 220 g/mol. The Labute approximate surface area is 95.8 Å². The molecule has 1 rings (SSSR count). The summed E-state index contributed by atoms with van der Waals surface area (Å²) in [4.78, 5) is 0. The summed E-state index contributed by atoms with van der Waals surface area (Å²) in [5.41, 5.74) is 1.37. The van der Waals surface area contributed by atoms with Gasteiger partial charge in [-0.2, -0.15) is 5.26 Å². The number of anilines is 1. The molecule has 4 nitrogen and oxygen atoms in total. The van der Waals surface area contributed by atoms with E-state index in [2.05, 4.69) is 11.4 Å². The molecule has 86 valence electrons. The monoisotopic (exact) mass is 220 g/mol. The Morgan fingerprint density at radius 1 is 1.44 bits per heavy atom. The third-order valence-electron chi connectivity index (χ3n) is 2.33. The number of nitrogens with one attached hydrogen (secondary N) is 1. The van der Waals surface area contributed by atoms with Crippen molar-refractivity contribution in [1.29, 1.82) is 5.26 Å². The summed E-state index contributed by atoms with van der Waals surface area (Å²) in [6, 6.07) is 7.44. The fraction of sp³-hybridized carbons (Fsp3) is 0.417. The van der Waals surface area contributed by atoms with Crippen LogP contribution in [0.3, 0.4) is 0 Å². The first-order chi connectivity index (χ1) is 7.71. The molecule has 0 fully saturated rings. The molecule has 0 aromatic heterocycles. The lowest BCUT2D eigenvalue weighted by Crippen LogP contribution is -2.18. The van der Waals surface area contributed by atoms with Crippen molar-refractivity contribution in [1.82, 2.24) is 0 Å². The maximum atomic E-state index is 8.94. The lowest BCUT2D eigenvalue weighted by Gasteiger charge is -2.13. The third kappa shape index (κ3) is 3.14. The van der Waals surface area contributed by atoms with E-state index in [0.717, 1.165) is 11.4 Å². The van der Waals surface area contributed by atoms with Crippen molar-refractivity contribution in [2.45, 2.75) is 13.0 Å². The summed E-state index contributed by atoms with van der Waals surface area (Å²) in [6.45, 7) is 2.61. The number of ether oxygens (including phenoxy) is 2. The second-order valence-electron chi connectivity index (χ2n) is 3.45. The highest BCUT2D eigenvalue weighted by Crippen LogP contribution is 2.21. The Kier molecular flexibility index (Phi) is 4.62. The molecule has 0 bridgehead atoms. The Hall–Kier alpha value is -1.73. The van der Waals surface area contributed by atoms with Crippen LogP contribution < -0.4 is 10.1 Å². The molecular formula is C12H16N2O2. The van der Waals surface area contributed by atoms with Crippen LogP contribution in [0, 0.1) is 11.3 Å². The molecule has 0 aliphatic rings. The van der Waals surface area contributed by atoms with E-state index >= 15 is 0 Å². The SMILES string of the molecule is COc1ccc(C#N)c(NCC(C)OC)c1. The zero-order valence-electron chi connectivity index (χ0n) is 9.78. The summed E-state index contributed by atoms with van der Waals surface area (Å²) < 4.78 is 10.2. The molecule has 1 unspecified atom stereocenters. The zero-order chi connectivity index (χ0) is 12.0. The van der Waals surface area contributed by atoms with Crippen LogP contribution in [0.2, 0.25) is 0 Å². The minimum atomic E-state index is 0.0951. The number of nitrogens with zero attached hydrogens (tertiary/aromatic N) is 1. The van der Waals surface area contributed by atoms with Gasteiger partial charge in [-0.1, -0.05) is 0 Å². The molecule has 4 heteroatoms. The van der Waals surface area contributed by atoms with E-state index in [1.807, 2.05) is 6.92 Å². The van der Waals surface area contributed by atoms with Gasteiger partial charge in [-0.05, 0) is 19.1 Å². The molecule has 0 radical (unpaired) electrons. The summed E-state index contributed by atoms with van der Waals surface area (Å²) in [6.07, 6.45) is 0.0951. The van der Waals surface area contributed by atoms with Crippen LogP contribution in [0.5, 0.6) is 5.75 Å². The molecule has 0 saturated carbocycles. The van der Waals surface area contributed by atoms with Crippen LogP contribution >= 0.6 is 0 Å². The van der Waals surface area contributed by atoms with Gasteiger partial charge in [0.2, 0.25) is 0 Å². The van der Waals surface area contributed by atoms with Crippen LogP contribution in [0.1, 0.15) is 12.5 Å². The van der Waals surface area contributed by atoms with Crippen molar-refractivity contribution in [3.8, 4) is 11.8 Å². The van der Waals surface area contributed by atoms with Gasteiger partial charge in [-0.25, -0.2) is 0 Å². The number of hydrogen-bond acceptors (Lipinski definition) is 4. The summed E-state index contributed by atoms with van der Waals surface area (Å²) >= 11 is 0. The Morgan fingerprint density at radius 3 is 2.75 bits per heavy atom. The fourth-order valence-electron chi connectivity index (χ4n) is 1.23. The first-order valence-electron chi connectivity index (χ1n) is 5.06. The van der Waals surface area contributed by atoms with Crippen LogP contribution in [0.4, 0.5) is 5.69 Å². The van der Waals surface area contributed by atoms with Crippen LogP contribution in [0.15, 0.2) is 18.2 Å². The highest BCUT2D eigenvalue weighted by Gasteiger charge is 2.05. The molecule has 0 saturated heterocycles. The molecule has 0 amide bonds. The topological polar surface area (TPSA) is 54.3 Å². The molecule has 1 aromatic rings. The minimum Gasteiger partial charge on any atom is -0.497 e. The van der Waals surface area contributed by atoms with Crippen molar-refractivity contribution in [3.63, 3.8) is 0 Å². The first-order valence-corrected chi connectivity index (χ1v) is 5.06. The van der Waals surface area contributed by atoms with Gasteiger partial charge in [0.25, 0.3) is 0 Å². The van der Waals surface area contributed by atoms with Crippen molar-refractivity contribution in [3.05, 3.63) is 23.8 Å². The van der Waals surface area contributed by atoms with E-state index in [1.165, 1.54) is 0 Å². The summed E-state index contributed by atoms with van der Waals surface area (Å²) in [7, 11) is 3.26. The molecular weight excluding hydrogens is 204 g/mol. The predicted molar refractivity (Wildman–Crippen MR) is 62.7 cm³/mol. The van der Waals surface area contributed by atoms with Gasteiger partial charge < -0.3 is 14.8 Å². The van der Waals surface area contributed by atoms with Crippen molar-refractivity contribution in [2.75, 3.05) is 26.1 Å². The Morgan fingerprint density at radius 2 is 2.19 bits per heavy atom. The number of methoxy groups -OCH3 is 2. The van der Waals surface area contributed by atoms with Crippen LogP contribution in [0.25, 0.3) is 0 Å². The lowest BCUT2D eigenvalue weighted by atomic mass is 10.2. The normalized spacial score (nSPS) is 11.6. The summed E-state index contributed by atoms with van der Waals surface area (Å²) in [5.74, 6) is 0.728. The predicted octanol–water partition coefficient (Wildman–Crippen LogP) is 2.01. The molecule has 1 N–H and O–H groups in total. The molecule has 0 aliphatic heterocycles. The van der Waals surface area contributed by atoms with Gasteiger partial charge >= 0.3 is 0 Å². The van der Waals surface area contributed by atoms with Gasteiger partial charge in [0, 0.05) is 19.7 Å². The Bertz CT molecular complexity index is 385. The maximum absolute atomic E-state index is 8.94. The van der Waals surface area contributed by atoms with Gasteiger partial charge in [0.15, 0.2) is 0 Å². The molecule has 0 spiro atoms. The molecule has 0 heterocycles. The van der Waals surface area contributed by atoms with Gasteiger partial charge in [0.05, 0.1) is 24.5 Å². The van der Waals surface area contributed by atoms with E-state index < -0.39 is 0 Å². The van der Waals surface area contributed by atoms with Crippen LogP contribution in [-0.2, 0) is 4.74 Å². The zero-order valence-corrected chi connectivity index (χ0v) is 9.78. The maximum Gasteiger partial charge on any atom is 0.121 e. The first kappa shape index (κ1) is 12.3. The number of benzene rings is 1. The fourth-order valence-corrected chi connectivity index (χ4v) is 1.23. The highest BCUT2D eigenvalue weighted by molar-refractivity contribution is 5.60. The quantitative estimate of drug-likeness (QED) is 0.824. The van der Waals surface area contributed by atoms with Gasteiger partial charge in [-0.3, -0.25) is 0 Å². The van der Waals surface area contributed by atoms with E-state index in [1.54, 1.807) is 32.4 Å². The average Bonchev–Trinajstić information content (AvgIpc) is 2.35. The van der Waals surface area contributed by atoms with Crippen molar-refractivity contribution in [2.24, 2.45) is 0 Å². The standard InChI is InChI=1S/C12H16N2O2/c1-9(15-2)8-14-12-6-11(16-3)5-4-10(12)7-13/h4-6,9,14H,8H2,1-3H3. The van der Waals surface area contributed by atoms with E-state index in [4.69, 9.17) is 14.7 Å². The molecule has 16 heavy (non-hydrogen) atoms. The molecule has 0 aliphatic carbocycles. The minimum absolute atomic E-state index is 0.0951. The van der Waals surface area contributed by atoms with Crippen molar-refractivity contribution >= 4 is 5.69 Å². The highest BCUT2D eigenvalue weighted by atomic mass is 16.5. The Balaban J connectivity index is 2.80. The largest absolute Gasteiger partial charge is 0.497 e. The molecule has 1 atom stereocenters. The number of nitriles is 1. The second-order valence-corrected chi connectivity index (χ2v) is 3.45. The third-order valence-corrected chi connectivity index (χ3v) is 2.33. The number of rotatable bonds is 5. The van der Waals surface area contributed by atoms with Crippen LogP contribution in [-0.4, -0.2) is 26.9 Å². The van der Waals surface area contributed by atoms with E-state index in [9.17, 15) is 0 Å². The van der Waals surface area contributed by atoms with Gasteiger partial charge in [-0.15, -0.1) is 0 Å². The lowest BCUT2D eigenvalue weighted by molar-refractivity contribution is 0.129. The summed E-state index contributed by atoms with van der Waals surface area (Å²) in [5, 5.41) is 12.1. The van der Waals surface area contributed by atoms with Gasteiger partial charge in [0.1, 0.15) is 11.8 Å². The smallest absolute Gasteiger partial charge is 0.121 e. The van der Waals surface area contributed by atoms with E-state index in [-0.39, 0.29) is 6.10 Å². The second kappa shape index (κ2) is 5.99. The number of hydrogen-bond donors (Lipinski definition) is 1. The van der Waals surface area contributed by atoms with E-state index in [0.29, 0.717) is 12.1 Å². The molecule has 1 aromatic carbocycles. The van der Waals surface area contributed by atoms with Crippen molar-refractivity contribution < 1.29 is 9.47 Å².